The monoisotopic (exact) mass is 1370 g/mol. The summed E-state index contributed by atoms with van der Waals surface area (Å²) >= 11 is 0.660. The van der Waals surface area contributed by atoms with Crippen molar-refractivity contribution in [3.05, 3.63) is 0 Å². The predicted molar refractivity (Wildman–Crippen MR) is 279 cm³/mol. The quantitative estimate of drug-likeness (QED) is 0.0913. The molecule has 30 heterocycles. The average Bonchev–Trinajstić information content (AvgIpc) is 0.796. The van der Waals surface area contributed by atoms with E-state index < -0.39 is 309 Å². The number of hydrogen-bond acceptors (Lipinski definition) is 41. The number of hydrogen-bond donors (Lipinski definition) is 24. The van der Waals surface area contributed by atoms with Crippen molar-refractivity contribution >= 4 is 17.7 Å². The molecule has 534 valence electrons. The Kier molecular flexibility index (Phi) is 26.0. The third-order valence-electron chi connectivity index (χ3n) is 17.2. The maximum absolute atomic E-state index is 11.7. The van der Waals surface area contributed by atoms with Crippen molar-refractivity contribution in [2.75, 3.05) is 57.8 Å². The number of ether oxygens (including phenoxy) is 16. The first kappa shape index (κ1) is 74.5. The molecule has 30 saturated heterocycles. The molecule has 0 aromatic carbocycles. The number of carboxylic acids is 1. The lowest BCUT2D eigenvalue weighted by molar-refractivity contribution is -0.403. The molecule has 0 saturated carbocycles. The molecule has 0 amide bonds. The SMILES string of the molecule is O=C(O)CSC[C@H]1O[C@@H]2O[C@H]3[C@H](O)[C@@H](O)[C@@H](O[C@H]4[C@H](O)[C@@H](O)[C@@H](O[C@H]5[C@H](O)[C@@H](O)[C@@H](O[C@H]6[C@H](O)[C@@H](O)[C@@H](O[C@H]7[C@H](O)[C@@H](O)[C@@H](O[C@H]8[C@H](O)[C@@H](O)[C@@H](O[C@H]9[C@H](O)[C@@H](O)[C@@H](O[C@H]1[C@H](O)[C@H]2O)O[C@@H]9CO)O[C@@H]8CO)O[C@@H]7CO)O[C@@H]6CO)O[C@@H]5CO)O[C@@H]4CO)O[C@@H]3CO. The van der Waals surface area contributed by atoms with Crippen molar-refractivity contribution in [3.8, 4) is 0 Å². The molecule has 0 radical (unpaired) electrons. The van der Waals surface area contributed by atoms with E-state index in [0.717, 1.165) is 0 Å². The van der Waals surface area contributed by atoms with Crippen LogP contribution in [0.15, 0.2) is 0 Å². The van der Waals surface area contributed by atoms with Gasteiger partial charge in [-0.3, -0.25) is 4.79 Å². The van der Waals surface area contributed by atoms with Crippen LogP contribution in [0.2, 0.25) is 0 Å². The summed E-state index contributed by atoms with van der Waals surface area (Å²) in [5.41, 5.74) is 0. The zero-order chi connectivity index (χ0) is 67.1. The van der Waals surface area contributed by atoms with Gasteiger partial charge in [-0.15, -0.1) is 11.8 Å². The highest BCUT2D eigenvalue weighted by atomic mass is 32.2. The topological polar surface area (TPSA) is 650 Å². The molecule has 0 spiro atoms. The van der Waals surface area contributed by atoms with E-state index in [4.69, 9.17) is 75.8 Å². The summed E-state index contributed by atoms with van der Waals surface area (Å²) in [6.45, 7) is -7.65. The van der Waals surface area contributed by atoms with E-state index in [1.807, 2.05) is 0 Å². The molecular weight excluding hydrogens is 1290 g/mol. The smallest absolute Gasteiger partial charge is 0.313 e. The Hall–Kier alpha value is -1.74. The van der Waals surface area contributed by atoms with Crippen molar-refractivity contribution < 1.29 is 203 Å². The molecule has 40 atom stereocenters. The maximum atomic E-state index is 11.7. The van der Waals surface area contributed by atoms with Gasteiger partial charge in [0.2, 0.25) is 0 Å². The first-order chi connectivity index (χ1) is 43.7. The van der Waals surface area contributed by atoms with Gasteiger partial charge in [0.1, 0.15) is 189 Å². The normalized spacial score (nSPS) is 53.4. The van der Waals surface area contributed by atoms with E-state index in [1.54, 1.807) is 0 Å². The fraction of sp³-hybridized carbons (Fsp3) is 0.980. The van der Waals surface area contributed by atoms with Crippen LogP contribution in [-0.2, 0) is 80.6 Å². The number of carbonyl (C=O) groups is 1. The molecule has 30 fully saturated rings. The number of rotatable bonds is 11. The Morgan fingerprint density at radius 3 is 0.511 bits per heavy atom. The summed E-state index contributed by atoms with van der Waals surface area (Å²) in [4.78, 5) is 11.6. The molecule has 30 aliphatic rings. The molecule has 0 aliphatic carbocycles. The van der Waals surface area contributed by atoms with Gasteiger partial charge >= 0.3 is 5.97 Å². The Morgan fingerprint density at radius 1 is 0.228 bits per heavy atom. The average molecular weight is 1370 g/mol. The minimum Gasteiger partial charge on any atom is -0.481 e. The Labute approximate surface area is 523 Å². The summed E-state index contributed by atoms with van der Waals surface area (Å²) in [5, 5.41) is 266. The summed E-state index contributed by atoms with van der Waals surface area (Å²) in [6.07, 6.45) is -82.4. The van der Waals surface area contributed by atoms with E-state index in [9.17, 15) is 127 Å². The standard InChI is InChI=1S/C50H82O41S/c51-1-10-35-19(60)27(68)43(76-10)85-36-11(2-52)78-45(29(70)21(36)62)87-38-13(4-54)80-47(31(72)23(38)64)89-40-15(6-56)82-49(33(74)25(40)66)91-42-17(8-92-9-18(58)59)83-50(34(75)26(42)67)90-41-16(7-57)81-48(32(73)24(41)65)88-39-14(5-55)79-46(30(71)22(39)63)86-37-12(3-53)77-44(84-35)28(69)20(37)61/h10-17,19-57,60-75H,1-9H2,(H,58,59)/t10-,11-,12-,13-,14-,15-,16-,17-,19-,20-,21-,22-,23-,24-,25-,26-,27-,28-,29-,30-,31-,32-,33-,34-,35-,36-,37-,38-,39-,40-,41-,42-,43-,44-,45-,46-,47-,48-,49-,50-/m1/s1. The second-order valence-corrected chi connectivity index (χ2v) is 24.2. The number of aliphatic carboxylic acids is 1. The van der Waals surface area contributed by atoms with Crippen LogP contribution in [0, 0.1) is 0 Å². The number of carboxylic acid groups (broad SMARTS) is 1. The van der Waals surface area contributed by atoms with Crippen LogP contribution in [0.25, 0.3) is 0 Å². The first-order valence-electron chi connectivity index (χ1n) is 29.2. The van der Waals surface area contributed by atoms with Crippen molar-refractivity contribution in [2.24, 2.45) is 0 Å². The van der Waals surface area contributed by atoms with Crippen LogP contribution < -0.4 is 0 Å². The highest BCUT2D eigenvalue weighted by Gasteiger charge is 2.60. The van der Waals surface area contributed by atoms with Crippen LogP contribution in [-0.4, -0.2) is 432 Å². The lowest BCUT2D eigenvalue weighted by atomic mass is 9.95. The van der Waals surface area contributed by atoms with Gasteiger partial charge in [0.15, 0.2) is 50.3 Å². The Bertz CT molecular complexity index is 2280. The molecule has 41 nitrogen and oxygen atoms in total. The van der Waals surface area contributed by atoms with Gasteiger partial charge in [0.05, 0.1) is 58.1 Å². The molecule has 0 aromatic rings. The van der Waals surface area contributed by atoms with Gasteiger partial charge in [-0.1, -0.05) is 0 Å². The Balaban J connectivity index is 0.990. The first-order valence-corrected chi connectivity index (χ1v) is 30.3. The predicted octanol–water partition coefficient (Wildman–Crippen LogP) is -16.6. The van der Waals surface area contributed by atoms with Crippen LogP contribution in [0.5, 0.6) is 0 Å². The molecule has 42 heteroatoms. The van der Waals surface area contributed by atoms with Crippen molar-refractivity contribution in [3.63, 3.8) is 0 Å². The third kappa shape index (κ3) is 15.2. The van der Waals surface area contributed by atoms with Gasteiger partial charge in [0.25, 0.3) is 0 Å². The second kappa shape index (κ2) is 32.1. The van der Waals surface area contributed by atoms with E-state index in [-0.39, 0.29) is 0 Å². The van der Waals surface area contributed by atoms with E-state index >= 15 is 0 Å². The van der Waals surface area contributed by atoms with Gasteiger partial charge in [-0.05, 0) is 0 Å². The molecule has 30 rings (SSSR count). The largest absolute Gasteiger partial charge is 0.481 e. The van der Waals surface area contributed by atoms with E-state index in [2.05, 4.69) is 0 Å². The maximum Gasteiger partial charge on any atom is 0.313 e. The highest BCUT2D eigenvalue weighted by molar-refractivity contribution is 7.99. The highest BCUT2D eigenvalue weighted by Crippen LogP contribution is 2.40. The van der Waals surface area contributed by atoms with Crippen LogP contribution in [0.3, 0.4) is 0 Å². The molecular formula is C50H82O41S. The molecule has 30 aliphatic heterocycles. The minimum atomic E-state index is -2.27. The number of thioether (sulfide) groups is 1. The summed E-state index contributed by atoms with van der Waals surface area (Å²) in [7, 11) is 0. The lowest BCUT2D eigenvalue weighted by Crippen LogP contribution is -2.69. The fourth-order valence-corrected chi connectivity index (χ4v) is 12.9. The van der Waals surface area contributed by atoms with Crippen LogP contribution >= 0.6 is 11.8 Å². The zero-order valence-electron chi connectivity index (χ0n) is 48.0. The van der Waals surface area contributed by atoms with E-state index in [0.29, 0.717) is 11.8 Å². The number of aliphatic hydroxyl groups excluding tert-OH is 23. The fourth-order valence-electron chi connectivity index (χ4n) is 12.2. The molecule has 16 bridgehead atoms. The van der Waals surface area contributed by atoms with Gasteiger partial charge < -0.3 is 198 Å². The van der Waals surface area contributed by atoms with Crippen LogP contribution in [0.4, 0.5) is 0 Å². The zero-order valence-corrected chi connectivity index (χ0v) is 48.9. The van der Waals surface area contributed by atoms with Crippen molar-refractivity contribution in [1.29, 1.82) is 0 Å². The summed E-state index contributed by atoms with van der Waals surface area (Å²) in [6, 6.07) is 0. The van der Waals surface area contributed by atoms with Crippen LogP contribution in [0.1, 0.15) is 0 Å². The van der Waals surface area contributed by atoms with Gasteiger partial charge in [-0.2, -0.15) is 0 Å². The molecule has 92 heavy (non-hydrogen) atoms. The minimum absolute atomic E-state index is 0.449. The molecule has 0 aromatic heterocycles. The number of aliphatic hydroxyl groups is 23. The van der Waals surface area contributed by atoms with Gasteiger partial charge in [-0.25, -0.2) is 0 Å². The third-order valence-corrected chi connectivity index (χ3v) is 18.2. The Morgan fingerprint density at radius 2 is 0.370 bits per heavy atom. The van der Waals surface area contributed by atoms with Crippen molar-refractivity contribution in [1.82, 2.24) is 0 Å². The van der Waals surface area contributed by atoms with E-state index in [1.165, 1.54) is 0 Å². The second-order valence-electron chi connectivity index (χ2n) is 23.2. The summed E-state index contributed by atoms with van der Waals surface area (Å²) in [5.74, 6) is -2.39. The summed E-state index contributed by atoms with van der Waals surface area (Å²) < 4.78 is 91.9. The van der Waals surface area contributed by atoms with Crippen molar-refractivity contribution in [2.45, 2.75) is 246 Å². The molecule has 0 unspecified atom stereocenters. The molecule has 24 N–H and O–H groups in total. The lowest BCUT2D eigenvalue weighted by Gasteiger charge is -2.50. The van der Waals surface area contributed by atoms with Gasteiger partial charge in [0, 0.05) is 5.75 Å².